The molecular formula is C15H19ClN4O. The van der Waals surface area contributed by atoms with Crippen LogP contribution in [0.1, 0.15) is 12.8 Å². The number of nitrogens with one attached hydrogen (secondary N) is 1. The van der Waals surface area contributed by atoms with E-state index in [-0.39, 0.29) is 0 Å². The normalized spacial score (nSPS) is 19.6. The molecule has 0 radical (unpaired) electrons. The second-order valence-corrected chi connectivity index (χ2v) is 6.02. The number of hydrogen-bond donors (Lipinski definition) is 1. The van der Waals surface area contributed by atoms with Crippen molar-refractivity contribution in [2.75, 3.05) is 32.0 Å². The van der Waals surface area contributed by atoms with E-state index in [1.807, 2.05) is 24.3 Å². The highest BCUT2D eigenvalue weighted by molar-refractivity contribution is 6.30. The minimum Gasteiger partial charge on any atom is -0.337 e. The molecule has 1 atom stereocenters. The molecule has 1 aliphatic heterocycles. The first-order valence-corrected chi connectivity index (χ1v) is 7.60. The summed E-state index contributed by atoms with van der Waals surface area (Å²) in [6.45, 7) is 3.17. The third-order valence-electron chi connectivity index (χ3n) is 3.77. The summed E-state index contributed by atoms with van der Waals surface area (Å²) in [5, 5.41) is 7.89. The summed E-state index contributed by atoms with van der Waals surface area (Å²) in [5.74, 6) is 1.19. The van der Waals surface area contributed by atoms with Crippen molar-refractivity contribution in [1.29, 1.82) is 0 Å². The number of benzene rings is 1. The maximum Gasteiger partial charge on any atom is 0.321 e. The number of hydrogen-bond acceptors (Lipinski definition) is 5. The van der Waals surface area contributed by atoms with Crippen LogP contribution in [0.2, 0.25) is 5.02 Å². The zero-order valence-corrected chi connectivity index (χ0v) is 12.8. The Morgan fingerprint density at radius 2 is 2.38 bits per heavy atom. The van der Waals surface area contributed by atoms with Crippen LogP contribution in [-0.4, -0.2) is 41.7 Å². The standard InChI is InChI=1S/C15H19ClN4O/c1-20-7-3-4-11(10-20)9-17-15-18-14(19-21-15)12-5-2-6-13(16)8-12/h2,5-6,8,11H,3-4,7,9-10H2,1H3,(H,17,18,19). The summed E-state index contributed by atoms with van der Waals surface area (Å²) in [7, 11) is 2.16. The van der Waals surface area contributed by atoms with Gasteiger partial charge in [0.25, 0.3) is 0 Å². The molecule has 6 heteroatoms. The second kappa shape index (κ2) is 6.45. The number of nitrogens with zero attached hydrogens (tertiary/aromatic N) is 3. The summed E-state index contributed by atoms with van der Waals surface area (Å²) in [6, 6.07) is 7.91. The fourth-order valence-corrected chi connectivity index (χ4v) is 2.90. The Kier molecular flexibility index (Phi) is 4.41. The van der Waals surface area contributed by atoms with E-state index in [9.17, 15) is 0 Å². The van der Waals surface area contributed by atoms with Gasteiger partial charge in [-0.05, 0) is 44.5 Å². The Labute approximate surface area is 129 Å². The van der Waals surface area contributed by atoms with Gasteiger partial charge in [-0.2, -0.15) is 4.98 Å². The lowest BCUT2D eigenvalue weighted by Gasteiger charge is -2.29. The average Bonchev–Trinajstić information content (AvgIpc) is 2.94. The van der Waals surface area contributed by atoms with E-state index in [0.29, 0.717) is 22.8 Å². The van der Waals surface area contributed by atoms with Crippen LogP contribution >= 0.6 is 11.6 Å². The van der Waals surface area contributed by atoms with Crippen molar-refractivity contribution in [3.63, 3.8) is 0 Å². The molecule has 3 rings (SSSR count). The third kappa shape index (κ3) is 3.74. The molecular weight excluding hydrogens is 288 g/mol. The quantitative estimate of drug-likeness (QED) is 0.940. The molecule has 0 aliphatic carbocycles. The number of anilines is 1. The van der Waals surface area contributed by atoms with Crippen molar-refractivity contribution >= 4 is 17.6 Å². The Balaban J connectivity index is 1.60. The third-order valence-corrected chi connectivity index (χ3v) is 4.01. The molecule has 1 unspecified atom stereocenters. The second-order valence-electron chi connectivity index (χ2n) is 5.58. The first-order valence-electron chi connectivity index (χ1n) is 7.23. The van der Waals surface area contributed by atoms with Crippen molar-refractivity contribution in [3.8, 4) is 11.4 Å². The fraction of sp³-hybridized carbons (Fsp3) is 0.467. The smallest absolute Gasteiger partial charge is 0.321 e. The molecule has 1 fully saturated rings. The van der Waals surface area contributed by atoms with E-state index >= 15 is 0 Å². The van der Waals surface area contributed by atoms with Crippen molar-refractivity contribution in [2.45, 2.75) is 12.8 Å². The van der Waals surface area contributed by atoms with E-state index in [4.69, 9.17) is 16.1 Å². The van der Waals surface area contributed by atoms with Gasteiger partial charge in [-0.25, -0.2) is 0 Å². The van der Waals surface area contributed by atoms with Gasteiger partial charge in [0.05, 0.1) is 0 Å². The molecule has 5 nitrogen and oxygen atoms in total. The lowest BCUT2D eigenvalue weighted by molar-refractivity contribution is 0.216. The zero-order chi connectivity index (χ0) is 14.7. The van der Waals surface area contributed by atoms with Crippen LogP contribution in [0, 0.1) is 5.92 Å². The topological polar surface area (TPSA) is 54.2 Å². The molecule has 0 spiro atoms. The van der Waals surface area contributed by atoms with E-state index in [2.05, 4.69) is 27.4 Å². The molecule has 2 aromatic rings. The number of aromatic nitrogens is 2. The van der Waals surface area contributed by atoms with Gasteiger partial charge in [0.2, 0.25) is 5.82 Å². The Bertz CT molecular complexity index is 601. The van der Waals surface area contributed by atoms with Crippen molar-refractivity contribution in [3.05, 3.63) is 29.3 Å². The van der Waals surface area contributed by atoms with Gasteiger partial charge in [-0.3, -0.25) is 0 Å². The molecule has 0 bridgehead atoms. The van der Waals surface area contributed by atoms with Gasteiger partial charge in [-0.1, -0.05) is 28.9 Å². The molecule has 1 saturated heterocycles. The number of piperidine rings is 1. The summed E-state index contributed by atoms with van der Waals surface area (Å²) >= 11 is 5.97. The molecule has 1 N–H and O–H groups in total. The molecule has 1 aliphatic rings. The maximum atomic E-state index is 5.97. The van der Waals surface area contributed by atoms with E-state index in [1.54, 1.807) is 0 Å². The Morgan fingerprint density at radius 3 is 3.19 bits per heavy atom. The fourth-order valence-electron chi connectivity index (χ4n) is 2.71. The predicted molar refractivity (Wildman–Crippen MR) is 83.5 cm³/mol. The molecule has 0 amide bonds. The van der Waals surface area contributed by atoms with Crippen LogP contribution in [-0.2, 0) is 0 Å². The van der Waals surface area contributed by atoms with Crippen LogP contribution in [0.4, 0.5) is 6.01 Å². The SMILES string of the molecule is CN1CCCC(CNc2nc(-c3cccc(Cl)c3)no2)C1. The Hall–Kier alpha value is -1.59. The summed E-state index contributed by atoms with van der Waals surface area (Å²) in [6.07, 6.45) is 2.49. The van der Waals surface area contributed by atoms with Crippen LogP contribution in [0.15, 0.2) is 28.8 Å². The van der Waals surface area contributed by atoms with Gasteiger partial charge in [-0.15, -0.1) is 0 Å². The van der Waals surface area contributed by atoms with Crippen LogP contribution in [0.3, 0.4) is 0 Å². The number of likely N-dealkylation sites (tertiary alicyclic amines) is 1. The molecule has 2 heterocycles. The number of rotatable bonds is 4. The van der Waals surface area contributed by atoms with E-state index in [1.165, 1.54) is 19.4 Å². The van der Waals surface area contributed by atoms with Crippen LogP contribution in [0.5, 0.6) is 0 Å². The Morgan fingerprint density at radius 1 is 1.48 bits per heavy atom. The van der Waals surface area contributed by atoms with Gasteiger partial charge < -0.3 is 14.7 Å². The highest BCUT2D eigenvalue weighted by Crippen LogP contribution is 2.21. The van der Waals surface area contributed by atoms with Crippen molar-refractivity contribution in [2.24, 2.45) is 5.92 Å². The monoisotopic (exact) mass is 306 g/mol. The summed E-state index contributed by atoms with van der Waals surface area (Å²) < 4.78 is 5.25. The van der Waals surface area contributed by atoms with Crippen LogP contribution < -0.4 is 5.32 Å². The maximum absolute atomic E-state index is 5.97. The summed E-state index contributed by atoms with van der Waals surface area (Å²) in [5.41, 5.74) is 0.858. The predicted octanol–water partition coefficient (Wildman–Crippen LogP) is 3.14. The largest absolute Gasteiger partial charge is 0.337 e. The van der Waals surface area contributed by atoms with Gasteiger partial charge in [0, 0.05) is 23.7 Å². The average molecular weight is 307 g/mol. The van der Waals surface area contributed by atoms with Crippen molar-refractivity contribution in [1.82, 2.24) is 15.0 Å². The lowest BCUT2D eigenvalue weighted by atomic mass is 9.99. The van der Waals surface area contributed by atoms with Gasteiger partial charge in [0.15, 0.2) is 0 Å². The zero-order valence-electron chi connectivity index (χ0n) is 12.1. The molecule has 21 heavy (non-hydrogen) atoms. The highest BCUT2D eigenvalue weighted by atomic mass is 35.5. The minimum atomic E-state index is 0.471. The molecule has 0 saturated carbocycles. The van der Waals surface area contributed by atoms with Crippen molar-refractivity contribution < 1.29 is 4.52 Å². The number of halogens is 1. The first-order chi connectivity index (χ1) is 10.2. The molecule has 1 aromatic heterocycles. The summed E-state index contributed by atoms with van der Waals surface area (Å²) in [4.78, 5) is 6.73. The van der Waals surface area contributed by atoms with Gasteiger partial charge in [0.1, 0.15) is 0 Å². The van der Waals surface area contributed by atoms with E-state index in [0.717, 1.165) is 18.7 Å². The van der Waals surface area contributed by atoms with Crippen LogP contribution in [0.25, 0.3) is 11.4 Å². The van der Waals surface area contributed by atoms with E-state index < -0.39 is 0 Å². The van der Waals surface area contributed by atoms with Gasteiger partial charge >= 0.3 is 6.01 Å². The molecule has 1 aromatic carbocycles. The molecule has 112 valence electrons. The lowest BCUT2D eigenvalue weighted by Crippen LogP contribution is -2.35. The first kappa shape index (κ1) is 14.4. The minimum absolute atomic E-state index is 0.471. The highest BCUT2D eigenvalue weighted by Gasteiger charge is 2.18.